The van der Waals surface area contributed by atoms with Gasteiger partial charge in [0.2, 0.25) is 0 Å². The highest BCUT2D eigenvalue weighted by Crippen LogP contribution is 2.10. The lowest BCUT2D eigenvalue weighted by atomic mass is 10.1. The second-order valence-electron chi connectivity index (χ2n) is 5.43. The average Bonchev–Trinajstić information content (AvgIpc) is 2.41. The van der Waals surface area contributed by atoms with E-state index in [-0.39, 0.29) is 6.03 Å². The predicted molar refractivity (Wildman–Crippen MR) is 77.1 cm³/mol. The summed E-state index contributed by atoms with van der Waals surface area (Å²) in [5.41, 5.74) is 2.64. The smallest absolute Gasteiger partial charge is 0.319 e. The molecule has 1 heterocycles. The maximum atomic E-state index is 11.8. The van der Waals surface area contributed by atoms with Gasteiger partial charge in [-0.2, -0.15) is 0 Å². The predicted octanol–water partition coefficient (Wildman–Crippen LogP) is 1.79. The van der Waals surface area contributed by atoms with Crippen LogP contribution >= 0.6 is 0 Å². The normalized spacial score (nSPS) is 16.5. The van der Waals surface area contributed by atoms with Crippen molar-refractivity contribution in [1.29, 1.82) is 0 Å². The minimum absolute atomic E-state index is 0.120. The van der Waals surface area contributed by atoms with Crippen molar-refractivity contribution in [2.24, 2.45) is 0 Å². The summed E-state index contributed by atoms with van der Waals surface area (Å²) in [7, 11) is 3.61. The summed E-state index contributed by atoms with van der Waals surface area (Å²) >= 11 is 0. The standard InChI is InChI=1S/C15H23N3O/c1-13-4-6-14(7-5-13)12-17-8-10-18(11-9-17)15(19)16(2)3/h4-7H,8-12H2,1-3H3. The van der Waals surface area contributed by atoms with Gasteiger partial charge in [-0.25, -0.2) is 4.79 Å². The Morgan fingerprint density at radius 3 is 2.21 bits per heavy atom. The van der Waals surface area contributed by atoms with Gasteiger partial charge in [0.05, 0.1) is 0 Å². The van der Waals surface area contributed by atoms with E-state index in [0.717, 1.165) is 32.7 Å². The van der Waals surface area contributed by atoms with Crippen molar-refractivity contribution in [1.82, 2.24) is 14.7 Å². The fourth-order valence-corrected chi connectivity index (χ4v) is 2.33. The minimum Gasteiger partial charge on any atom is -0.331 e. The zero-order chi connectivity index (χ0) is 13.8. The Bertz CT molecular complexity index is 420. The van der Waals surface area contributed by atoms with Crippen LogP contribution in [-0.4, -0.2) is 61.0 Å². The molecule has 19 heavy (non-hydrogen) atoms. The zero-order valence-corrected chi connectivity index (χ0v) is 12.1. The third-order valence-corrected chi connectivity index (χ3v) is 3.55. The van der Waals surface area contributed by atoms with Gasteiger partial charge in [-0.3, -0.25) is 4.90 Å². The first-order valence-corrected chi connectivity index (χ1v) is 6.80. The quantitative estimate of drug-likeness (QED) is 0.811. The number of hydrogen-bond acceptors (Lipinski definition) is 2. The summed E-state index contributed by atoms with van der Waals surface area (Å²) in [6, 6.07) is 8.80. The molecule has 0 atom stereocenters. The van der Waals surface area contributed by atoms with Crippen molar-refractivity contribution in [2.45, 2.75) is 13.5 Å². The first kappa shape index (κ1) is 13.9. The van der Waals surface area contributed by atoms with Crippen LogP contribution in [0.4, 0.5) is 4.79 Å². The Morgan fingerprint density at radius 1 is 1.11 bits per heavy atom. The van der Waals surface area contributed by atoms with Crippen molar-refractivity contribution in [3.63, 3.8) is 0 Å². The molecule has 0 saturated carbocycles. The van der Waals surface area contributed by atoms with E-state index < -0.39 is 0 Å². The molecule has 0 aromatic heterocycles. The Kier molecular flexibility index (Phi) is 4.43. The van der Waals surface area contributed by atoms with Gasteiger partial charge in [0.1, 0.15) is 0 Å². The number of carbonyl (C=O) groups excluding carboxylic acids is 1. The van der Waals surface area contributed by atoms with Gasteiger partial charge in [0.15, 0.2) is 0 Å². The molecule has 1 aromatic rings. The van der Waals surface area contributed by atoms with E-state index in [1.54, 1.807) is 19.0 Å². The molecule has 1 aliphatic rings. The van der Waals surface area contributed by atoms with E-state index in [1.807, 2.05) is 4.90 Å². The van der Waals surface area contributed by atoms with Crippen molar-refractivity contribution >= 4 is 6.03 Å². The van der Waals surface area contributed by atoms with Crippen molar-refractivity contribution in [3.8, 4) is 0 Å². The van der Waals surface area contributed by atoms with Crippen molar-refractivity contribution in [2.75, 3.05) is 40.3 Å². The molecule has 0 spiro atoms. The number of hydrogen-bond donors (Lipinski definition) is 0. The largest absolute Gasteiger partial charge is 0.331 e. The lowest BCUT2D eigenvalue weighted by molar-refractivity contribution is 0.120. The molecule has 4 heteroatoms. The van der Waals surface area contributed by atoms with Crippen LogP contribution in [0.1, 0.15) is 11.1 Å². The Hall–Kier alpha value is -1.55. The summed E-state index contributed by atoms with van der Waals surface area (Å²) in [4.78, 5) is 17.8. The molecule has 1 aliphatic heterocycles. The molecular weight excluding hydrogens is 238 g/mol. The number of carbonyl (C=O) groups is 1. The molecular formula is C15H23N3O. The summed E-state index contributed by atoms with van der Waals surface area (Å²) in [6.45, 7) is 6.63. The van der Waals surface area contributed by atoms with Gasteiger partial charge in [-0.1, -0.05) is 29.8 Å². The molecule has 1 fully saturated rings. The Labute approximate surface area is 115 Å². The maximum Gasteiger partial charge on any atom is 0.319 e. The number of urea groups is 1. The number of amides is 2. The Balaban J connectivity index is 1.83. The molecule has 1 saturated heterocycles. The topological polar surface area (TPSA) is 26.8 Å². The van der Waals surface area contributed by atoms with Crippen LogP contribution in [-0.2, 0) is 6.54 Å². The van der Waals surface area contributed by atoms with E-state index in [1.165, 1.54) is 11.1 Å². The van der Waals surface area contributed by atoms with Gasteiger partial charge in [0.25, 0.3) is 0 Å². The second-order valence-corrected chi connectivity index (χ2v) is 5.43. The molecule has 4 nitrogen and oxygen atoms in total. The van der Waals surface area contributed by atoms with Crippen LogP contribution in [0, 0.1) is 6.92 Å². The summed E-state index contributed by atoms with van der Waals surface area (Å²) in [5.74, 6) is 0. The number of benzene rings is 1. The van der Waals surface area contributed by atoms with Crippen molar-refractivity contribution in [3.05, 3.63) is 35.4 Å². The van der Waals surface area contributed by atoms with Gasteiger partial charge in [-0.05, 0) is 12.5 Å². The van der Waals surface area contributed by atoms with Gasteiger partial charge >= 0.3 is 6.03 Å². The van der Waals surface area contributed by atoms with Crippen molar-refractivity contribution < 1.29 is 4.79 Å². The van der Waals surface area contributed by atoms with Crippen LogP contribution in [0.5, 0.6) is 0 Å². The van der Waals surface area contributed by atoms with Gasteiger partial charge in [-0.15, -0.1) is 0 Å². The summed E-state index contributed by atoms with van der Waals surface area (Å²) < 4.78 is 0. The molecule has 104 valence electrons. The average molecular weight is 261 g/mol. The first-order chi connectivity index (χ1) is 9.06. The minimum atomic E-state index is 0.120. The summed E-state index contributed by atoms with van der Waals surface area (Å²) in [5, 5.41) is 0. The van der Waals surface area contributed by atoms with E-state index in [9.17, 15) is 4.79 Å². The van der Waals surface area contributed by atoms with Crippen LogP contribution in [0.3, 0.4) is 0 Å². The molecule has 0 radical (unpaired) electrons. The lowest BCUT2D eigenvalue weighted by Gasteiger charge is -2.35. The zero-order valence-electron chi connectivity index (χ0n) is 12.1. The highest BCUT2D eigenvalue weighted by Gasteiger charge is 2.21. The highest BCUT2D eigenvalue weighted by atomic mass is 16.2. The third-order valence-electron chi connectivity index (χ3n) is 3.55. The van der Waals surface area contributed by atoms with E-state index >= 15 is 0 Å². The van der Waals surface area contributed by atoms with Crippen LogP contribution in [0.15, 0.2) is 24.3 Å². The molecule has 2 amide bonds. The van der Waals surface area contributed by atoms with Crippen LogP contribution < -0.4 is 0 Å². The third kappa shape index (κ3) is 3.70. The van der Waals surface area contributed by atoms with Gasteiger partial charge < -0.3 is 9.80 Å². The first-order valence-electron chi connectivity index (χ1n) is 6.80. The fourth-order valence-electron chi connectivity index (χ4n) is 2.33. The number of nitrogens with zero attached hydrogens (tertiary/aromatic N) is 3. The van der Waals surface area contributed by atoms with Gasteiger partial charge in [0, 0.05) is 46.8 Å². The van der Waals surface area contributed by atoms with E-state index in [4.69, 9.17) is 0 Å². The Morgan fingerprint density at radius 2 is 1.68 bits per heavy atom. The molecule has 0 bridgehead atoms. The molecule has 1 aromatic carbocycles. The second kappa shape index (κ2) is 6.06. The SMILES string of the molecule is Cc1ccc(CN2CCN(C(=O)N(C)C)CC2)cc1. The monoisotopic (exact) mass is 261 g/mol. The molecule has 0 aliphatic carbocycles. The summed E-state index contributed by atoms with van der Waals surface area (Å²) in [6.07, 6.45) is 0. The number of rotatable bonds is 2. The number of piperazine rings is 1. The van der Waals surface area contributed by atoms with E-state index in [0.29, 0.717) is 0 Å². The van der Waals surface area contributed by atoms with Crippen LogP contribution in [0.25, 0.3) is 0 Å². The highest BCUT2D eigenvalue weighted by molar-refractivity contribution is 5.73. The fraction of sp³-hybridized carbons (Fsp3) is 0.533. The molecule has 2 rings (SSSR count). The molecule has 0 unspecified atom stereocenters. The molecule has 0 N–H and O–H groups in total. The van der Waals surface area contributed by atoms with Crippen LogP contribution in [0.2, 0.25) is 0 Å². The van der Waals surface area contributed by atoms with E-state index in [2.05, 4.69) is 36.1 Å². The lowest BCUT2D eigenvalue weighted by Crippen LogP contribution is -2.51. The maximum absolute atomic E-state index is 11.8. The number of aryl methyl sites for hydroxylation is 1.